The van der Waals surface area contributed by atoms with Crippen LogP contribution in [0, 0.1) is 6.92 Å². The number of rotatable bonds is 4. The summed E-state index contributed by atoms with van der Waals surface area (Å²) in [6, 6.07) is 14.2. The SMILES string of the molecule is COc1ccc(C(C)Nc2cccc(N)c2C)cc1. The third kappa shape index (κ3) is 2.99. The van der Waals surface area contributed by atoms with Crippen LogP contribution >= 0.6 is 0 Å². The summed E-state index contributed by atoms with van der Waals surface area (Å²) in [7, 11) is 1.67. The molecule has 0 radical (unpaired) electrons. The van der Waals surface area contributed by atoms with Crippen molar-refractivity contribution in [2.45, 2.75) is 19.9 Å². The number of ether oxygens (including phenoxy) is 1. The van der Waals surface area contributed by atoms with E-state index in [0.29, 0.717) is 0 Å². The molecule has 3 nitrogen and oxygen atoms in total. The molecule has 1 unspecified atom stereocenters. The van der Waals surface area contributed by atoms with Crippen molar-refractivity contribution in [2.24, 2.45) is 0 Å². The van der Waals surface area contributed by atoms with Gasteiger partial charge in [0.1, 0.15) is 5.75 Å². The molecule has 1 atom stereocenters. The molecular weight excluding hydrogens is 236 g/mol. The Morgan fingerprint density at radius 2 is 1.79 bits per heavy atom. The van der Waals surface area contributed by atoms with Crippen molar-refractivity contribution in [2.75, 3.05) is 18.2 Å². The van der Waals surface area contributed by atoms with Gasteiger partial charge in [0.2, 0.25) is 0 Å². The number of benzene rings is 2. The summed E-state index contributed by atoms with van der Waals surface area (Å²) >= 11 is 0. The van der Waals surface area contributed by atoms with E-state index in [9.17, 15) is 0 Å². The molecule has 0 saturated heterocycles. The van der Waals surface area contributed by atoms with Crippen LogP contribution in [0.5, 0.6) is 5.75 Å². The Bertz CT molecular complexity index is 549. The van der Waals surface area contributed by atoms with E-state index < -0.39 is 0 Å². The van der Waals surface area contributed by atoms with Crippen LogP contribution in [0.3, 0.4) is 0 Å². The third-order valence-corrected chi connectivity index (χ3v) is 3.36. The second-order valence-corrected chi connectivity index (χ2v) is 4.66. The number of hydrogen-bond donors (Lipinski definition) is 2. The number of anilines is 2. The molecule has 0 aromatic heterocycles. The maximum Gasteiger partial charge on any atom is 0.118 e. The zero-order valence-electron chi connectivity index (χ0n) is 11.6. The predicted octanol–water partition coefficient (Wildman–Crippen LogP) is 3.76. The first-order valence-electron chi connectivity index (χ1n) is 6.37. The van der Waals surface area contributed by atoms with Crippen molar-refractivity contribution in [3.63, 3.8) is 0 Å². The van der Waals surface area contributed by atoms with Crippen LogP contribution in [0.4, 0.5) is 11.4 Å². The smallest absolute Gasteiger partial charge is 0.118 e. The Balaban J connectivity index is 2.15. The van der Waals surface area contributed by atoms with Gasteiger partial charge < -0.3 is 15.8 Å². The lowest BCUT2D eigenvalue weighted by atomic mass is 10.1. The zero-order valence-corrected chi connectivity index (χ0v) is 11.6. The Morgan fingerprint density at radius 1 is 1.11 bits per heavy atom. The summed E-state index contributed by atoms with van der Waals surface area (Å²) < 4.78 is 5.17. The van der Waals surface area contributed by atoms with Gasteiger partial charge in [-0.05, 0) is 49.2 Å². The molecule has 0 bridgehead atoms. The molecule has 0 amide bonds. The largest absolute Gasteiger partial charge is 0.497 e. The molecule has 0 aliphatic rings. The Kier molecular flexibility index (Phi) is 3.95. The molecule has 3 N–H and O–H groups in total. The van der Waals surface area contributed by atoms with Crippen LogP contribution in [-0.4, -0.2) is 7.11 Å². The van der Waals surface area contributed by atoms with Crippen LogP contribution in [0.15, 0.2) is 42.5 Å². The van der Waals surface area contributed by atoms with E-state index in [1.807, 2.05) is 37.3 Å². The van der Waals surface area contributed by atoms with Crippen LogP contribution in [0.25, 0.3) is 0 Å². The highest BCUT2D eigenvalue weighted by Gasteiger charge is 2.08. The quantitative estimate of drug-likeness (QED) is 0.819. The zero-order chi connectivity index (χ0) is 13.8. The van der Waals surface area contributed by atoms with Crippen LogP contribution in [0.2, 0.25) is 0 Å². The highest BCUT2D eigenvalue weighted by molar-refractivity contribution is 5.63. The van der Waals surface area contributed by atoms with E-state index in [4.69, 9.17) is 10.5 Å². The molecule has 0 fully saturated rings. The average molecular weight is 256 g/mol. The fourth-order valence-corrected chi connectivity index (χ4v) is 2.02. The number of nitrogens with one attached hydrogen (secondary N) is 1. The molecule has 0 spiro atoms. The Morgan fingerprint density at radius 3 is 2.42 bits per heavy atom. The molecule has 2 aromatic rings. The van der Waals surface area contributed by atoms with E-state index in [1.54, 1.807) is 7.11 Å². The maximum atomic E-state index is 5.92. The summed E-state index contributed by atoms with van der Waals surface area (Å²) in [6.45, 7) is 4.16. The summed E-state index contributed by atoms with van der Waals surface area (Å²) in [5.74, 6) is 0.871. The van der Waals surface area contributed by atoms with Gasteiger partial charge in [-0.15, -0.1) is 0 Å². The van der Waals surface area contributed by atoms with Gasteiger partial charge in [-0.2, -0.15) is 0 Å². The summed E-state index contributed by atoms with van der Waals surface area (Å²) in [6.07, 6.45) is 0. The number of nitrogens with two attached hydrogens (primary N) is 1. The lowest BCUT2D eigenvalue weighted by molar-refractivity contribution is 0.414. The van der Waals surface area contributed by atoms with Gasteiger partial charge in [-0.1, -0.05) is 18.2 Å². The molecule has 100 valence electrons. The topological polar surface area (TPSA) is 47.3 Å². The van der Waals surface area contributed by atoms with Crippen molar-refractivity contribution < 1.29 is 4.74 Å². The van der Waals surface area contributed by atoms with Crippen molar-refractivity contribution in [3.8, 4) is 5.75 Å². The number of hydrogen-bond acceptors (Lipinski definition) is 3. The van der Waals surface area contributed by atoms with E-state index >= 15 is 0 Å². The van der Waals surface area contributed by atoms with E-state index in [2.05, 4.69) is 24.4 Å². The summed E-state index contributed by atoms with van der Waals surface area (Å²) in [5.41, 5.74) is 10.1. The van der Waals surface area contributed by atoms with Crippen LogP contribution in [-0.2, 0) is 0 Å². The van der Waals surface area contributed by atoms with Crippen molar-refractivity contribution in [1.82, 2.24) is 0 Å². The minimum atomic E-state index is 0.214. The van der Waals surface area contributed by atoms with Crippen molar-refractivity contribution in [1.29, 1.82) is 0 Å². The molecule has 19 heavy (non-hydrogen) atoms. The molecule has 0 aliphatic carbocycles. The normalized spacial score (nSPS) is 11.9. The molecule has 2 rings (SSSR count). The Labute approximate surface area is 114 Å². The molecule has 3 heteroatoms. The van der Waals surface area contributed by atoms with E-state index in [1.165, 1.54) is 5.56 Å². The number of nitrogen functional groups attached to an aromatic ring is 1. The highest BCUT2D eigenvalue weighted by Crippen LogP contribution is 2.26. The Hall–Kier alpha value is -2.16. The van der Waals surface area contributed by atoms with Gasteiger partial charge in [0, 0.05) is 17.4 Å². The fraction of sp³-hybridized carbons (Fsp3) is 0.250. The monoisotopic (exact) mass is 256 g/mol. The minimum Gasteiger partial charge on any atom is -0.497 e. The summed E-state index contributed by atoms with van der Waals surface area (Å²) in [4.78, 5) is 0. The molecule has 2 aromatic carbocycles. The first-order chi connectivity index (χ1) is 9.11. The van der Waals surface area contributed by atoms with E-state index in [-0.39, 0.29) is 6.04 Å². The van der Waals surface area contributed by atoms with Gasteiger partial charge >= 0.3 is 0 Å². The van der Waals surface area contributed by atoms with Gasteiger partial charge in [0.25, 0.3) is 0 Å². The molecule has 0 saturated carbocycles. The van der Waals surface area contributed by atoms with Crippen molar-refractivity contribution in [3.05, 3.63) is 53.6 Å². The number of methoxy groups -OCH3 is 1. The van der Waals surface area contributed by atoms with Gasteiger partial charge in [-0.3, -0.25) is 0 Å². The molecule has 0 heterocycles. The lowest BCUT2D eigenvalue weighted by Crippen LogP contribution is -2.08. The predicted molar refractivity (Wildman–Crippen MR) is 80.6 cm³/mol. The molecular formula is C16H20N2O. The lowest BCUT2D eigenvalue weighted by Gasteiger charge is -2.18. The summed E-state index contributed by atoms with van der Waals surface area (Å²) in [5, 5.41) is 3.48. The second-order valence-electron chi connectivity index (χ2n) is 4.66. The second kappa shape index (κ2) is 5.65. The van der Waals surface area contributed by atoms with Crippen LogP contribution < -0.4 is 15.8 Å². The average Bonchev–Trinajstić information content (AvgIpc) is 2.44. The van der Waals surface area contributed by atoms with Gasteiger partial charge in [-0.25, -0.2) is 0 Å². The third-order valence-electron chi connectivity index (χ3n) is 3.36. The van der Waals surface area contributed by atoms with E-state index in [0.717, 1.165) is 22.7 Å². The minimum absolute atomic E-state index is 0.214. The van der Waals surface area contributed by atoms with Crippen LogP contribution in [0.1, 0.15) is 24.1 Å². The standard InChI is InChI=1S/C16H20N2O/c1-11-15(17)5-4-6-16(11)18-12(2)13-7-9-14(19-3)10-8-13/h4-10,12,18H,17H2,1-3H3. The maximum absolute atomic E-state index is 5.92. The first-order valence-corrected chi connectivity index (χ1v) is 6.37. The van der Waals surface area contributed by atoms with Gasteiger partial charge in [0.05, 0.1) is 7.11 Å². The van der Waals surface area contributed by atoms with Gasteiger partial charge in [0.15, 0.2) is 0 Å². The molecule has 0 aliphatic heterocycles. The first kappa shape index (κ1) is 13.3. The highest BCUT2D eigenvalue weighted by atomic mass is 16.5. The fourth-order valence-electron chi connectivity index (χ4n) is 2.02. The van der Waals surface area contributed by atoms with Crippen molar-refractivity contribution >= 4 is 11.4 Å².